The number of carbonyl (C=O) groups excluding carboxylic acids is 1. The molecule has 0 aliphatic rings. The van der Waals surface area contributed by atoms with E-state index in [1.165, 1.54) is 30.2 Å². The van der Waals surface area contributed by atoms with Gasteiger partial charge < -0.3 is 4.74 Å². The van der Waals surface area contributed by atoms with Crippen molar-refractivity contribution >= 4 is 29.1 Å². The van der Waals surface area contributed by atoms with Crippen molar-refractivity contribution in [1.82, 2.24) is 4.98 Å². The van der Waals surface area contributed by atoms with Gasteiger partial charge in [0, 0.05) is 5.38 Å². The van der Waals surface area contributed by atoms with Crippen LogP contribution in [0.4, 0.5) is 0 Å². The van der Waals surface area contributed by atoms with E-state index >= 15 is 0 Å². The third-order valence-corrected chi connectivity index (χ3v) is 2.92. The average molecular weight is 189 g/mol. The summed E-state index contributed by atoms with van der Waals surface area (Å²) in [6, 6.07) is 0. The fourth-order valence-corrected chi connectivity index (χ4v) is 1.78. The lowest BCUT2D eigenvalue weighted by molar-refractivity contribution is 0.0594. The number of hydrogen-bond donors (Lipinski definition) is 0. The van der Waals surface area contributed by atoms with Crippen LogP contribution in [0.3, 0.4) is 0 Å². The minimum atomic E-state index is -0.374. The number of hydrogen-bond acceptors (Lipinski definition) is 5. The van der Waals surface area contributed by atoms with Crippen LogP contribution >= 0.6 is 23.1 Å². The van der Waals surface area contributed by atoms with Gasteiger partial charge in [-0.25, -0.2) is 9.78 Å². The number of esters is 1. The van der Waals surface area contributed by atoms with E-state index in [9.17, 15) is 4.79 Å². The molecule has 1 heterocycles. The van der Waals surface area contributed by atoms with Crippen molar-refractivity contribution in [2.24, 2.45) is 0 Å². The summed E-state index contributed by atoms with van der Waals surface area (Å²) in [6.07, 6.45) is 1.92. The normalized spacial score (nSPS) is 9.64. The fraction of sp³-hybridized carbons (Fsp3) is 0.333. The number of rotatable bonds is 2. The first-order valence-electron chi connectivity index (χ1n) is 2.85. The van der Waals surface area contributed by atoms with Crippen molar-refractivity contribution in [1.29, 1.82) is 0 Å². The molecule has 1 rings (SSSR count). The Bertz CT molecular complexity index is 259. The minimum absolute atomic E-state index is 0.374. The van der Waals surface area contributed by atoms with Gasteiger partial charge in [0.05, 0.1) is 7.11 Å². The van der Waals surface area contributed by atoms with Crippen molar-refractivity contribution < 1.29 is 9.53 Å². The molecular weight excluding hydrogens is 182 g/mol. The molecule has 1 aromatic heterocycles. The number of nitrogens with zero attached hydrogens (tertiary/aromatic N) is 1. The van der Waals surface area contributed by atoms with Gasteiger partial charge in [-0.2, -0.15) is 0 Å². The lowest BCUT2D eigenvalue weighted by atomic mass is 10.5. The summed E-state index contributed by atoms with van der Waals surface area (Å²) in [5.74, 6) is -0.374. The lowest BCUT2D eigenvalue weighted by Gasteiger charge is -1.90. The number of carbonyl (C=O) groups is 1. The van der Waals surface area contributed by atoms with Crippen LogP contribution in [-0.2, 0) is 4.74 Å². The molecule has 0 aliphatic heterocycles. The predicted octanol–water partition coefficient (Wildman–Crippen LogP) is 1.65. The van der Waals surface area contributed by atoms with Crippen molar-refractivity contribution in [2.75, 3.05) is 13.4 Å². The summed E-state index contributed by atoms with van der Waals surface area (Å²) in [5.41, 5.74) is 0.391. The molecule has 0 spiro atoms. The Hall–Kier alpha value is -0.550. The highest BCUT2D eigenvalue weighted by Crippen LogP contribution is 2.19. The maximum absolute atomic E-state index is 10.9. The zero-order chi connectivity index (χ0) is 8.27. The molecule has 0 N–H and O–H groups in total. The summed E-state index contributed by atoms with van der Waals surface area (Å²) < 4.78 is 5.37. The molecule has 0 aliphatic carbocycles. The second-order valence-electron chi connectivity index (χ2n) is 1.69. The molecule has 0 aromatic carbocycles. The van der Waals surface area contributed by atoms with Gasteiger partial charge in [-0.3, -0.25) is 0 Å². The largest absolute Gasteiger partial charge is 0.464 e. The van der Waals surface area contributed by atoms with Gasteiger partial charge in [0.15, 0.2) is 10.0 Å². The number of methoxy groups -OCH3 is 1. The van der Waals surface area contributed by atoms with Gasteiger partial charge in [0.2, 0.25) is 0 Å². The third-order valence-electron chi connectivity index (χ3n) is 1.05. The fourth-order valence-electron chi connectivity index (χ4n) is 0.549. The first-order valence-corrected chi connectivity index (χ1v) is 4.96. The van der Waals surface area contributed by atoms with Gasteiger partial charge >= 0.3 is 5.97 Å². The Morgan fingerprint density at radius 2 is 2.55 bits per heavy atom. The molecule has 11 heavy (non-hydrogen) atoms. The standard InChI is InChI=1S/C6H7NO2S2/c1-9-5(8)4-3-11-6(7-4)10-2/h3H,1-2H3. The molecule has 3 nitrogen and oxygen atoms in total. The van der Waals surface area contributed by atoms with Crippen LogP contribution < -0.4 is 0 Å². The maximum atomic E-state index is 10.9. The van der Waals surface area contributed by atoms with Gasteiger partial charge in [-0.05, 0) is 6.26 Å². The molecule has 0 amide bonds. The van der Waals surface area contributed by atoms with E-state index in [2.05, 4.69) is 9.72 Å². The van der Waals surface area contributed by atoms with Crippen LogP contribution in [-0.4, -0.2) is 24.3 Å². The van der Waals surface area contributed by atoms with E-state index in [0.717, 1.165) is 4.34 Å². The predicted molar refractivity (Wildman–Crippen MR) is 45.2 cm³/mol. The topological polar surface area (TPSA) is 39.2 Å². The first-order chi connectivity index (χ1) is 5.27. The molecule has 0 atom stereocenters. The van der Waals surface area contributed by atoms with E-state index in [1.807, 2.05) is 6.26 Å². The smallest absolute Gasteiger partial charge is 0.357 e. The number of thioether (sulfide) groups is 1. The van der Waals surface area contributed by atoms with E-state index in [0.29, 0.717) is 5.69 Å². The second-order valence-corrected chi connectivity index (χ2v) is 3.61. The van der Waals surface area contributed by atoms with Crippen molar-refractivity contribution in [3.8, 4) is 0 Å². The highest BCUT2D eigenvalue weighted by atomic mass is 32.2. The highest BCUT2D eigenvalue weighted by molar-refractivity contribution is 8.00. The Kier molecular flexibility index (Phi) is 2.90. The Morgan fingerprint density at radius 1 is 1.82 bits per heavy atom. The number of aromatic nitrogens is 1. The maximum Gasteiger partial charge on any atom is 0.357 e. The minimum Gasteiger partial charge on any atom is -0.464 e. The molecule has 0 unspecified atom stereocenters. The van der Waals surface area contributed by atoms with Gasteiger partial charge in [-0.1, -0.05) is 11.8 Å². The molecular formula is C6H7NO2S2. The molecule has 0 radical (unpaired) electrons. The SMILES string of the molecule is COC(=O)c1csc(SC)n1. The second kappa shape index (κ2) is 3.73. The summed E-state index contributed by atoms with van der Waals surface area (Å²) in [6.45, 7) is 0. The van der Waals surface area contributed by atoms with E-state index in [1.54, 1.807) is 5.38 Å². The molecule has 1 aromatic rings. The molecule has 0 saturated carbocycles. The van der Waals surface area contributed by atoms with Gasteiger partial charge in [-0.15, -0.1) is 11.3 Å². The first kappa shape index (κ1) is 8.55. The molecule has 0 fully saturated rings. The van der Waals surface area contributed by atoms with Crippen LogP contribution in [0, 0.1) is 0 Å². The van der Waals surface area contributed by atoms with Gasteiger partial charge in [0.1, 0.15) is 0 Å². The monoisotopic (exact) mass is 189 g/mol. The van der Waals surface area contributed by atoms with Crippen LogP contribution in [0.2, 0.25) is 0 Å². The quantitative estimate of drug-likeness (QED) is 0.524. The lowest BCUT2D eigenvalue weighted by Crippen LogP contribution is -2.00. The number of thiazole rings is 1. The van der Waals surface area contributed by atoms with Crippen LogP contribution in [0.1, 0.15) is 10.5 Å². The highest BCUT2D eigenvalue weighted by Gasteiger charge is 2.09. The summed E-state index contributed by atoms with van der Waals surface area (Å²) in [4.78, 5) is 14.9. The summed E-state index contributed by atoms with van der Waals surface area (Å²) in [7, 11) is 1.35. The number of ether oxygens (including phenoxy) is 1. The van der Waals surface area contributed by atoms with Crippen molar-refractivity contribution in [3.05, 3.63) is 11.1 Å². The zero-order valence-corrected chi connectivity index (χ0v) is 7.79. The Balaban J connectivity index is 2.80. The van der Waals surface area contributed by atoms with E-state index in [4.69, 9.17) is 0 Å². The molecule has 0 saturated heterocycles. The van der Waals surface area contributed by atoms with Crippen molar-refractivity contribution in [2.45, 2.75) is 4.34 Å². The van der Waals surface area contributed by atoms with Gasteiger partial charge in [0.25, 0.3) is 0 Å². The zero-order valence-electron chi connectivity index (χ0n) is 6.16. The Morgan fingerprint density at radius 3 is 3.00 bits per heavy atom. The summed E-state index contributed by atoms with van der Waals surface area (Å²) >= 11 is 2.96. The summed E-state index contributed by atoms with van der Waals surface area (Å²) in [5, 5.41) is 1.69. The molecule has 5 heteroatoms. The van der Waals surface area contributed by atoms with Crippen molar-refractivity contribution in [3.63, 3.8) is 0 Å². The van der Waals surface area contributed by atoms with E-state index < -0.39 is 0 Å². The van der Waals surface area contributed by atoms with Crippen LogP contribution in [0.25, 0.3) is 0 Å². The van der Waals surface area contributed by atoms with Crippen LogP contribution in [0.15, 0.2) is 9.72 Å². The molecule has 0 bridgehead atoms. The average Bonchev–Trinajstić information content (AvgIpc) is 2.50. The third kappa shape index (κ3) is 1.94. The van der Waals surface area contributed by atoms with Crippen LogP contribution in [0.5, 0.6) is 0 Å². The molecule has 60 valence electrons. The van der Waals surface area contributed by atoms with E-state index in [-0.39, 0.29) is 5.97 Å². The Labute approximate surface area is 72.8 Å².